The summed E-state index contributed by atoms with van der Waals surface area (Å²) in [6.07, 6.45) is 13.8. The molecule has 0 spiro atoms. The molecule has 2 aliphatic rings. The van der Waals surface area contributed by atoms with E-state index in [2.05, 4.69) is 13.0 Å². The van der Waals surface area contributed by atoms with Crippen LogP contribution in [0.25, 0.3) is 0 Å². The van der Waals surface area contributed by atoms with Gasteiger partial charge in [-0.15, -0.1) is 0 Å². The molecule has 2 saturated carbocycles. The van der Waals surface area contributed by atoms with Gasteiger partial charge in [0.25, 0.3) is 0 Å². The minimum atomic E-state index is -0.496. The third-order valence-electron chi connectivity index (χ3n) is 6.13. The molecule has 0 saturated heterocycles. The van der Waals surface area contributed by atoms with Crippen molar-refractivity contribution >= 4 is 0 Å². The number of hydrogen-bond acceptors (Lipinski definition) is 2. The van der Waals surface area contributed by atoms with Gasteiger partial charge >= 0.3 is 0 Å². The van der Waals surface area contributed by atoms with Gasteiger partial charge in [-0.2, -0.15) is 0 Å². The standard InChI is InChI=1S/C19H35NO/c1-18(2,21)12-5-4-8-16-9-10-17-15(11-14-20)7-6-13-19(16,17)3/h11,16-17,21H,4-10,12-14,20H2,1-3H3/b15-11+. The molecule has 0 heterocycles. The van der Waals surface area contributed by atoms with Crippen LogP contribution in [0.4, 0.5) is 0 Å². The number of fused-ring (bicyclic) bond motifs is 1. The molecule has 3 N–H and O–H groups in total. The molecular weight excluding hydrogens is 258 g/mol. The van der Waals surface area contributed by atoms with Crippen molar-refractivity contribution < 1.29 is 5.11 Å². The van der Waals surface area contributed by atoms with E-state index in [1.54, 1.807) is 5.57 Å². The van der Waals surface area contributed by atoms with Crippen LogP contribution in [0.15, 0.2) is 11.6 Å². The lowest BCUT2D eigenvalue weighted by atomic mass is 9.62. The molecule has 21 heavy (non-hydrogen) atoms. The van der Waals surface area contributed by atoms with Gasteiger partial charge in [0, 0.05) is 6.54 Å². The smallest absolute Gasteiger partial charge is 0.0591 e. The number of hydrogen-bond donors (Lipinski definition) is 2. The lowest BCUT2D eigenvalue weighted by Gasteiger charge is -2.42. The van der Waals surface area contributed by atoms with E-state index >= 15 is 0 Å². The highest BCUT2D eigenvalue weighted by molar-refractivity contribution is 5.18. The molecule has 3 atom stereocenters. The van der Waals surface area contributed by atoms with Crippen LogP contribution in [0.1, 0.15) is 78.6 Å². The topological polar surface area (TPSA) is 46.2 Å². The molecule has 2 rings (SSSR count). The first-order valence-corrected chi connectivity index (χ1v) is 8.98. The van der Waals surface area contributed by atoms with Crippen LogP contribution in [0, 0.1) is 17.3 Å². The second kappa shape index (κ2) is 6.83. The zero-order chi connectivity index (χ0) is 15.5. The summed E-state index contributed by atoms with van der Waals surface area (Å²) in [6, 6.07) is 0. The van der Waals surface area contributed by atoms with Gasteiger partial charge in [-0.1, -0.05) is 31.4 Å². The Labute approximate surface area is 131 Å². The van der Waals surface area contributed by atoms with Crippen molar-refractivity contribution in [2.75, 3.05) is 6.54 Å². The quantitative estimate of drug-likeness (QED) is 0.562. The van der Waals surface area contributed by atoms with Gasteiger partial charge in [0.15, 0.2) is 0 Å². The van der Waals surface area contributed by atoms with Crippen molar-refractivity contribution in [2.45, 2.75) is 84.2 Å². The summed E-state index contributed by atoms with van der Waals surface area (Å²) >= 11 is 0. The lowest BCUT2D eigenvalue weighted by molar-refractivity contribution is 0.0660. The van der Waals surface area contributed by atoms with Crippen LogP contribution in [-0.2, 0) is 0 Å². The lowest BCUT2D eigenvalue weighted by Crippen LogP contribution is -2.33. The van der Waals surface area contributed by atoms with Crippen molar-refractivity contribution in [3.63, 3.8) is 0 Å². The van der Waals surface area contributed by atoms with E-state index in [9.17, 15) is 5.11 Å². The van der Waals surface area contributed by atoms with Crippen molar-refractivity contribution in [2.24, 2.45) is 23.0 Å². The van der Waals surface area contributed by atoms with Crippen LogP contribution in [0.5, 0.6) is 0 Å². The second-order valence-corrected chi connectivity index (χ2v) is 8.26. The van der Waals surface area contributed by atoms with E-state index in [4.69, 9.17) is 5.73 Å². The average Bonchev–Trinajstić information content (AvgIpc) is 2.72. The fraction of sp³-hybridized carbons (Fsp3) is 0.895. The Balaban J connectivity index is 1.90. The first-order chi connectivity index (χ1) is 9.87. The molecule has 0 amide bonds. The molecule has 2 heteroatoms. The molecule has 0 aromatic carbocycles. The molecule has 0 aromatic heterocycles. The van der Waals surface area contributed by atoms with Gasteiger partial charge in [-0.3, -0.25) is 0 Å². The fourth-order valence-corrected chi connectivity index (χ4v) is 4.96. The van der Waals surface area contributed by atoms with E-state index in [0.717, 1.165) is 24.7 Å². The van der Waals surface area contributed by atoms with Crippen molar-refractivity contribution in [1.82, 2.24) is 0 Å². The Bertz CT molecular complexity index is 368. The Morgan fingerprint density at radius 2 is 2.10 bits per heavy atom. The Morgan fingerprint density at radius 1 is 1.33 bits per heavy atom. The summed E-state index contributed by atoms with van der Waals surface area (Å²) in [4.78, 5) is 0. The van der Waals surface area contributed by atoms with Gasteiger partial charge < -0.3 is 10.8 Å². The molecule has 0 bridgehead atoms. The second-order valence-electron chi connectivity index (χ2n) is 8.26. The molecule has 0 aromatic rings. The first-order valence-electron chi connectivity index (χ1n) is 8.98. The molecule has 3 unspecified atom stereocenters. The van der Waals surface area contributed by atoms with Crippen molar-refractivity contribution in [3.8, 4) is 0 Å². The van der Waals surface area contributed by atoms with Gasteiger partial charge in [0.1, 0.15) is 0 Å². The van der Waals surface area contributed by atoms with Crippen LogP contribution in [0.3, 0.4) is 0 Å². The minimum Gasteiger partial charge on any atom is -0.390 e. The predicted octanol–water partition coefficient (Wildman–Crippen LogP) is 4.42. The Hall–Kier alpha value is -0.340. The van der Waals surface area contributed by atoms with Crippen LogP contribution in [-0.4, -0.2) is 17.3 Å². The highest BCUT2D eigenvalue weighted by Crippen LogP contribution is 2.58. The van der Waals surface area contributed by atoms with Crippen LogP contribution >= 0.6 is 0 Å². The Morgan fingerprint density at radius 3 is 2.76 bits per heavy atom. The van der Waals surface area contributed by atoms with E-state index < -0.39 is 5.60 Å². The molecule has 122 valence electrons. The summed E-state index contributed by atoms with van der Waals surface area (Å²) in [7, 11) is 0. The Kier molecular flexibility index (Phi) is 5.54. The maximum absolute atomic E-state index is 9.82. The largest absolute Gasteiger partial charge is 0.390 e. The highest BCUT2D eigenvalue weighted by atomic mass is 16.3. The van der Waals surface area contributed by atoms with E-state index in [1.165, 1.54) is 44.9 Å². The van der Waals surface area contributed by atoms with Gasteiger partial charge in [-0.05, 0) is 76.0 Å². The molecule has 0 aliphatic heterocycles. The molecule has 2 nitrogen and oxygen atoms in total. The van der Waals surface area contributed by atoms with Crippen molar-refractivity contribution in [3.05, 3.63) is 11.6 Å². The SMILES string of the molecule is CC(C)(O)CCCCC1CCC2/C(=C/CN)CCCC12C. The predicted molar refractivity (Wildman–Crippen MR) is 90.1 cm³/mol. The minimum absolute atomic E-state index is 0.496. The zero-order valence-electron chi connectivity index (χ0n) is 14.3. The molecule has 2 aliphatic carbocycles. The summed E-state index contributed by atoms with van der Waals surface area (Å²) < 4.78 is 0. The third-order valence-corrected chi connectivity index (χ3v) is 6.13. The molecule has 2 fully saturated rings. The molecular formula is C19H35NO. The highest BCUT2D eigenvalue weighted by Gasteiger charge is 2.48. The van der Waals surface area contributed by atoms with Gasteiger partial charge in [0.2, 0.25) is 0 Å². The number of rotatable bonds is 6. The monoisotopic (exact) mass is 293 g/mol. The number of aliphatic hydroxyl groups is 1. The van der Waals surface area contributed by atoms with E-state index in [-0.39, 0.29) is 0 Å². The summed E-state index contributed by atoms with van der Waals surface area (Å²) in [6.45, 7) is 7.09. The summed E-state index contributed by atoms with van der Waals surface area (Å²) in [5.41, 5.74) is 7.44. The van der Waals surface area contributed by atoms with Crippen LogP contribution in [0.2, 0.25) is 0 Å². The van der Waals surface area contributed by atoms with E-state index in [0.29, 0.717) is 12.0 Å². The third kappa shape index (κ3) is 4.10. The molecule has 0 radical (unpaired) electrons. The average molecular weight is 293 g/mol. The fourth-order valence-electron chi connectivity index (χ4n) is 4.96. The van der Waals surface area contributed by atoms with Gasteiger partial charge in [-0.25, -0.2) is 0 Å². The first kappa shape index (κ1) is 17.0. The number of allylic oxidation sites excluding steroid dienone is 1. The summed E-state index contributed by atoms with van der Waals surface area (Å²) in [5.74, 6) is 1.68. The van der Waals surface area contributed by atoms with E-state index in [1.807, 2.05) is 13.8 Å². The van der Waals surface area contributed by atoms with Gasteiger partial charge in [0.05, 0.1) is 5.60 Å². The maximum atomic E-state index is 9.82. The number of nitrogens with two attached hydrogens (primary N) is 1. The zero-order valence-corrected chi connectivity index (χ0v) is 14.3. The maximum Gasteiger partial charge on any atom is 0.0591 e. The van der Waals surface area contributed by atoms with Crippen molar-refractivity contribution in [1.29, 1.82) is 0 Å². The van der Waals surface area contributed by atoms with Crippen LogP contribution < -0.4 is 5.73 Å². The summed E-state index contributed by atoms with van der Waals surface area (Å²) in [5, 5.41) is 9.82. The number of unbranched alkanes of at least 4 members (excludes halogenated alkanes) is 1. The normalized spacial score (nSPS) is 35.2.